The standard InChI is InChI=1S/C19H27N5O4/c1-19(2,3)28-18(27)24-9-4-5-14(24)17(26)22-13-6-7-15(21-11-13)23-10-8-20-16(25)12-23/h6-7,11,14H,4-5,8-10,12H2,1-3H3,(H,20,25)(H,22,26). The number of nitrogens with zero attached hydrogens (tertiary/aromatic N) is 3. The number of nitrogens with one attached hydrogen (secondary N) is 2. The molecular weight excluding hydrogens is 362 g/mol. The Balaban J connectivity index is 1.60. The van der Waals surface area contributed by atoms with Crippen LogP contribution in [0.5, 0.6) is 0 Å². The van der Waals surface area contributed by atoms with E-state index in [1.54, 1.807) is 39.1 Å². The van der Waals surface area contributed by atoms with Gasteiger partial charge in [0.2, 0.25) is 11.8 Å². The number of likely N-dealkylation sites (tertiary alicyclic amines) is 1. The van der Waals surface area contributed by atoms with Crippen molar-refractivity contribution in [3.05, 3.63) is 18.3 Å². The molecule has 1 atom stereocenters. The molecule has 0 saturated carbocycles. The molecule has 9 heteroatoms. The normalized spacial score (nSPS) is 20.0. The fourth-order valence-corrected chi connectivity index (χ4v) is 3.29. The summed E-state index contributed by atoms with van der Waals surface area (Å²) in [6.07, 6.45) is 2.44. The van der Waals surface area contributed by atoms with Gasteiger partial charge >= 0.3 is 6.09 Å². The van der Waals surface area contributed by atoms with Crippen molar-refractivity contribution in [2.45, 2.75) is 45.3 Å². The fraction of sp³-hybridized carbons (Fsp3) is 0.579. The highest BCUT2D eigenvalue weighted by atomic mass is 16.6. The molecule has 3 amide bonds. The van der Waals surface area contributed by atoms with Crippen LogP contribution in [0.2, 0.25) is 0 Å². The molecule has 3 heterocycles. The largest absolute Gasteiger partial charge is 0.444 e. The van der Waals surface area contributed by atoms with Gasteiger partial charge in [0.05, 0.1) is 18.4 Å². The van der Waals surface area contributed by atoms with Crippen molar-refractivity contribution in [1.29, 1.82) is 0 Å². The molecule has 2 N–H and O–H groups in total. The summed E-state index contributed by atoms with van der Waals surface area (Å²) in [6, 6.07) is 2.97. The van der Waals surface area contributed by atoms with Crippen LogP contribution < -0.4 is 15.5 Å². The molecule has 3 rings (SSSR count). The van der Waals surface area contributed by atoms with E-state index in [1.807, 2.05) is 4.90 Å². The van der Waals surface area contributed by atoms with Crippen molar-refractivity contribution in [1.82, 2.24) is 15.2 Å². The van der Waals surface area contributed by atoms with E-state index in [4.69, 9.17) is 4.74 Å². The topological polar surface area (TPSA) is 104 Å². The van der Waals surface area contributed by atoms with Crippen molar-refractivity contribution in [3.8, 4) is 0 Å². The minimum atomic E-state index is -0.605. The zero-order valence-corrected chi connectivity index (χ0v) is 16.5. The van der Waals surface area contributed by atoms with Crippen molar-refractivity contribution < 1.29 is 19.1 Å². The first-order valence-corrected chi connectivity index (χ1v) is 9.51. The quantitative estimate of drug-likeness (QED) is 0.809. The smallest absolute Gasteiger partial charge is 0.410 e. The number of rotatable bonds is 3. The van der Waals surface area contributed by atoms with Gasteiger partial charge in [-0.25, -0.2) is 9.78 Å². The molecule has 0 aliphatic carbocycles. The van der Waals surface area contributed by atoms with Crippen molar-refractivity contribution in [2.24, 2.45) is 0 Å². The predicted octanol–water partition coefficient (Wildman–Crippen LogP) is 1.36. The molecule has 0 spiro atoms. The van der Waals surface area contributed by atoms with Gasteiger partial charge < -0.3 is 20.3 Å². The SMILES string of the molecule is CC(C)(C)OC(=O)N1CCCC1C(=O)Nc1ccc(N2CCNC(=O)C2)nc1. The Kier molecular flexibility index (Phi) is 5.71. The number of carbonyl (C=O) groups excluding carboxylic acids is 3. The van der Waals surface area contributed by atoms with Gasteiger partial charge in [-0.2, -0.15) is 0 Å². The summed E-state index contributed by atoms with van der Waals surface area (Å²) in [5.41, 5.74) is -0.0579. The summed E-state index contributed by atoms with van der Waals surface area (Å²) in [5, 5.41) is 5.59. The maximum atomic E-state index is 12.7. The highest BCUT2D eigenvalue weighted by Crippen LogP contribution is 2.22. The third-order valence-corrected chi connectivity index (χ3v) is 4.56. The van der Waals surface area contributed by atoms with E-state index in [1.165, 1.54) is 4.90 Å². The molecule has 2 aliphatic heterocycles. The van der Waals surface area contributed by atoms with E-state index in [2.05, 4.69) is 15.6 Å². The lowest BCUT2D eigenvalue weighted by Gasteiger charge is -2.28. The van der Waals surface area contributed by atoms with Crippen LogP contribution in [0.3, 0.4) is 0 Å². The summed E-state index contributed by atoms with van der Waals surface area (Å²) >= 11 is 0. The van der Waals surface area contributed by atoms with Gasteiger partial charge in [0.25, 0.3) is 0 Å². The van der Waals surface area contributed by atoms with Crippen molar-refractivity contribution in [2.75, 3.05) is 36.4 Å². The van der Waals surface area contributed by atoms with Gasteiger partial charge in [0.15, 0.2) is 0 Å². The molecule has 2 aliphatic rings. The first-order chi connectivity index (χ1) is 13.2. The molecule has 28 heavy (non-hydrogen) atoms. The molecule has 2 fully saturated rings. The van der Waals surface area contributed by atoms with Gasteiger partial charge in [0.1, 0.15) is 17.5 Å². The Morgan fingerprint density at radius 2 is 2.07 bits per heavy atom. The van der Waals surface area contributed by atoms with Crippen molar-refractivity contribution in [3.63, 3.8) is 0 Å². The number of anilines is 2. The molecule has 0 aromatic carbocycles. The van der Waals surface area contributed by atoms with Crippen LogP contribution in [0.1, 0.15) is 33.6 Å². The van der Waals surface area contributed by atoms with Gasteiger partial charge in [-0.05, 0) is 45.7 Å². The van der Waals surface area contributed by atoms with Gasteiger partial charge in [-0.15, -0.1) is 0 Å². The Morgan fingerprint density at radius 3 is 2.71 bits per heavy atom. The molecule has 1 aromatic heterocycles. The number of hydrogen-bond donors (Lipinski definition) is 2. The predicted molar refractivity (Wildman–Crippen MR) is 104 cm³/mol. The summed E-state index contributed by atoms with van der Waals surface area (Å²) in [5.74, 6) is 0.397. The molecule has 2 saturated heterocycles. The minimum absolute atomic E-state index is 0.0334. The Morgan fingerprint density at radius 1 is 1.29 bits per heavy atom. The van der Waals surface area contributed by atoms with Gasteiger partial charge in [-0.1, -0.05) is 0 Å². The molecule has 0 bridgehead atoms. The van der Waals surface area contributed by atoms with Crippen LogP contribution in [0.4, 0.5) is 16.3 Å². The number of pyridine rings is 1. The number of piperazine rings is 1. The van der Waals surface area contributed by atoms with Gasteiger partial charge in [0, 0.05) is 19.6 Å². The molecule has 152 valence electrons. The molecule has 1 unspecified atom stereocenters. The Hall–Kier alpha value is -2.84. The summed E-state index contributed by atoms with van der Waals surface area (Å²) in [7, 11) is 0. The third-order valence-electron chi connectivity index (χ3n) is 4.56. The molecular formula is C19H27N5O4. The second-order valence-corrected chi connectivity index (χ2v) is 8.00. The van der Waals surface area contributed by atoms with Crippen LogP contribution >= 0.6 is 0 Å². The number of amides is 3. The maximum Gasteiger partial charge on any atom is 0.410 e. The number of ether oxygens (including phenoxy) is 1. The number of hydrogen-bond acceptors (Lipinski definition) is 6. The monoisotopic (exact) mass is 389 g/mol. The highest BCUT2D eigenvalue weighted by molar-refractivity contribution is 5.96. The second-order valence-electron chi connectivity index (χ2n) is 8.00. The lowest BCUT2D eigenvalue weighted by Crippen LogP contribution is -2.48. The Labute approximate surface area is 164 Å². The maximum absolute atomic E-state index is 12.7. The van der Waals surface area contributed by atoms with Crippen LogP contribution in [0.25, 0.3) is 0 Å². The van der Waals surface area contributed by atoms with E-state index in [-0.39, 0.29) is 18.4 Å². The van der Waals surface area contributed by atoms with Crippen LogP contribution in [-0.2, 0) is 14.3 Å². The average molecular weight is 389 g/mol. The zero-order chi connectivity index (χ0) is 20.3. The Bertz CT molecular complexity index is 744. The average Bonchev–Trinajstić information content (AvgIpc) is 3.11. The molecule has 0 radical (unpaired) electrons. The van der Waals surface area contributed by atoms with E-state index in [0.717, 1.165) is 6.42 Å². The van der Waals surface area contributed by atoms with E-state index >= 15 is 0 Å². The number of aromatic nitrogens is 1. The first-order valence-electron chi connectivity index (χ1n) is 9.51. The van der Waals surface area contributed by atoms with Crippen molar-refractivity contribution >= 4 is 29.4 Å². The van der Waals surface area contributed by atoms with Crippen LogP contribution in [0, 0.1) is 0 Å². The first kappa shape index (κ1) is 19.9. The minimum Gasteiger partial charge on any atom is -0.444 e. The van der Waals surface area contributed by atoms with Crippen LogP contribution in [0.15, 0.2) is 18.3 Å². The van der Waals surface area contributed by atoms with E-state index < -0.39 is 17.7 Å². The molecule has 1 aromatic rings. The zero-order valence-electron chi connectivity index (χ0n) is 16.5. The summed E-state index contributed by atoms with van der Waals surface area (Å²) in [6.45, 7) is 7.45. The van der Waals surface area contributed by atoms with Gasteiger partial charge in [-0.3, -0.25) is 14.5 Å². The van der Waals surface area contributed by atoms with E-state index in [0.29, 0.717) is 37.6 Å². The lowest BCUT2D eigenvalue weighted by atomic mass is 10.2. The lowest BCUT2D eigenvalue weighted by molar-refractivity contribution is -0.121. The number of carbonyl (C=O) groups is 3. The summed E-state index contributed by atoms with van der Waals surface area (Å²) in [4.78, 5) is 44.2. The fourth-order valence-electron chi connectivity index (χ4n) is 3.29. The second kappa shape index (κ2) is 8.04. The molecule has 9 nitrogen and oxygen atoms in total. The van der Waals surface area contributed by atoms with Crippen LogP contribution in [-0.4, -0.2) is 65.6 Å². The third kappa shape index (κ3) is 4.90. The van der Waals surface area contributed by atoms with E-state index in [9.17, 15) is 14.4 Å². The highest BCUT2D eigenvalue weighted by Gasteiger charge is 2.36. The summed E-state index contributed by atoms with van der Waals surface area (Å²) < 4.78 is 5.40.